The van der Waals surface area contributed by atoms with Crippen LogP contribution in [0.4, 0.5) is 0 Å². The van der Waals surface area contributed by atoms with E-state index in [1.807, 2.05) is 0 Å². The summed E-state index contributed by atoms with van der Waals surface area (Å²) in [5.41, 5.74) is 0. The van der Waals surface area contributed by atoms with E-state index in [9.17, 15) is 0 Å². The van der Waals surface area contributed by atoms with Gasteiger partial charge in [0.2, 0.25) is 0 Å². The van der Waals surface area contributed by atoms with Crippen molar-refractivity contribution in [1.29, 1.82) is 0 Å². The third kappa shape index (κ3) is 20.3. The molecule has 1 heteroatoms. The van der Waals surface area contributed by atoms with Crippen LogP contribution in [0.2, 0.25) is 0 Å². The van der Waals surface area contributed by atoms with Crippen LogP contribution >= 0.6 is 0 Å². The van der Waals surface area contributed by atoms with Gasteiger partial charge in [-0.3, -0.25) is 0 Å². The normalized spacial score (nSPS) is 17.9. The van der Waals surface area contributed by atoms with Crippen molar-refractivity contribution in [2.45, 2.75) is 75.7 Å². The molecule has 126 valence electrons. The molecule has 0 unspecified atom stereocenters. The van der Waals surface area contributed by atoms with Gasteiger partial charge < -0.3 is 4.48 Å². The van der Waals surface area contributed by atoms with Gasteiger partial charge in [-0.05, 0) is 36.5 Å². The lowest BCUT2D eigenvalue weighted by atomic mass is 9.86. The second-order valence-corrected chi connectivity index (χ2v) is 8.43. The van der Waals surface area contributed by atoms with Gasteiger partial charge in [-0.15, -0.1) is 0 Å². The molecule has 0 aromatic heterocycles. The molecule has 0 radical (unpaired) electrons. The Morgan fingerprint density at radius 1 is 0.700 bits per heavy atom. The van der Waals surface area contributed by atoms with Crippen LogP contribution < -0.4 is 0 Å². The van der Waals surface area contributed by atoms with E-state index in [2.05, 4.69) is 69.5 Å². The van der Waals surface area contributed by atoms with Crippen LogP contribution in [0.15, 0.2) is 0 Å². The Labute approximate surface area is 131 Å². The molecular weight excluding hydrogens is 242 g/mol. The fraction of sp³-hybridized carbons (Fsp3) is 1.00. The second-order valence-electron chi connectivity index (χ2n) is 8.43. The van der Waals surface area contributed by atoms with Gasteiger partial charge in [-0.1, -0.05) is 62.8 Å². The van der Waals surface area contributed by atoms with Crippen molar-refractivity contribution in [3.05, 3.63) is 0 Å². The van der Waals surface area contributed by atoms with Gasteiger partial charge in [-0.2, -0.15) is 0 Å². The Kier molecular flexibility index (Phi) is 15.8. The molecule has 1 fully saturated rings. The van der Waals surface area contributed by atoms with Crippen molar-refractivity contribution < 1.29 is 4.48 Å². The first-order valence-corrected chi connectivity index (χ1v) is 8.30. The van der Waals surface area contributed by atoms with Crippen molar-refractivity contribution in [3.63, 3.8) is 0 Å². The van der Waals surface area contributed by atoms with E-state index in [0.29, 0.717) is 0 Å². The van der Waals surface area contributed by atoms with E-state index < -0.39 is 0 Å². The zero-order valence-electron chi connectivity index (χ0n) is 15.6. The minimum Gasteiger partial charge on any atom is -0.328 e. The molecule has 0 N–H and O–H groups in total. The molecule has 1 heterocycles. The predicted octanol–water partition coefficient (Wildman–Crippen LogP) is 6.09. The standard InChI is InChI=1S/C10H22N.2C4H10.CH4/c1-9(2)10-5-7-11(3,4)8-6-10;2*1-4(2)3;/h9-10H,5-8H2,1-4H3;2*4H,1-3H3;1H4/q+1;;;. The quantitative estimate of drug-likeness (QED) is 0.512. The summed E-state index contributed by atoms with van der Waals surface area (Å²) in [7, 11) is 4.69. The van der Waals surface area contributed by atoms with E-state index in [1.165, 1.54) is 30.4 Å². The highest BCUT2D eigenvalue weighted by atomic mass is 15.3. The number of hydrogen-bond acceptors (Lipinski definition) is 0. The molecule has 0 saturated carbocycles. The van der Waals surface area contributed by atoms with Crippen LogP contribution in [0.3, 0.4) is 0 Å². The van der Waals surface area contributed by atoms with Crippen LogP contribution in [0, 0.1) is 23.7 Å². The highest BCUT2D eigenvalue weighted by molar-refractivity contribution is 4.66. The van der Waals surface area contributed by atoms with E-state index in [1.54, 1.807) is 0 Å². The van der Waals surface area contributed by atoms with Gasteiger partial charge in [0.15, 0.2) is 0 Å². The summed E-state index contributed by atoms with van der Waals surface area (Å²) in [6.45, 7) is 20.5. The summed E-state index contributed by atoms with van der Waals surface area (Å²) >= 11 is 0. The molecule has 1 aliphatic rings. The monoisotopic (exact) mass is 288 g/mol. The Balaban J connectivity index is -0.000000272. The Hall–Kier alpha value is -0.0400. The van der Waals surface area contributed by atoms with Gasteiger partial charge in [0.05, 0.1) is 27.2 Å². The molecule has 20 heavy (non-hydrogen) atoms. The van der Waals surface area contributed by atoms with Crippen molar-refractivity contribution in [2.75, 3.05) is 27.2 Å². The van der Waals surface area contributed by atoms with Gasteiger partial charge in [0, 0.05) is 0 Å². The number of piperidine rings is 1. The zero-order chi connectivity index (χ0) is 15.6. The maximum Gasteiger partial charge on any atom is 0.0785 e. The third-order valence-electron chi connectivity index (χ3n) is 3.15. The number of quaternary nitrogens is 1. The van der Waals surface area contributed by atoms with Crippen LogP contribution in [-0.2, 0) is 0 Å². The minimum atomic E-state index is 0. The molecule has 0 bridgehead atoms. The summed E-state index contributed by atoms with van der Waals surface area (Å²) in [5, 5.41) is 0. The topological polar surface area (TPSA) is 0 Å². The number of rotatable bonds is 1. The van der Waals surface area contributed by atoms with Crippen molar-refractivity contribution in [3.8, 4) is 0 Å². The highest BCUT2D eigenvalue weighted by Crippen LogP contribution is 2.26. The summed E-state index contributed by atoms with van der Waals surface area (Å²) in [5.74, 6) is 3.57. The molecule has 1 aliphatic heterocycles. The average Bonchev–Trinajstić information content (AvgIpc) is 2.14. The van der Waals surface area contributed by atoms with Crippen LogP contribution in [0.25, 0.3) is 0 Å². The van der Waals surface area contributed by atoms with Crippen molar-refractivity contribution >= 4 is 0 Å². The van der Waals surface area contributed by atoms with Crippen LogP contribution in [0.5, 0.6) is 0 Å². The van der Waals surface area contributed by atoms with Crippen molar-refractivity contribution in [1.82, 2.24) is 0 Å². The lowest BCUT2D eigenvalue weighted by Crippen LogP contribution is -2.46. The van der Waals surface area contributed by atoms with Gasteiger partial charge in [0.25, 0.3) is 0 Å². The number of hydrogen-bond donors (Lipinski definition) is 0. The highest BCUT2D eigenvalue weighted by Gasteiger charge is 2.27. The van der Waals surface area contributed by atoms with Crippen molar-refractivity contribution in [2.24, 2.45) is 23.7 Å². The lowest BCUT2D eigenvalue weighted by Gasteiger charge is -2.38. The first-order valence-electron chi connectivity index (χ1n) is 8.30. The van der Waals surface area contributed by atoms with Crippen LogP contribution in [0.1, 0.15) is 75.7 Å². The van der Waals surface area contributed by atoms with Crippen LogP contribution in [-0.4, -0.2) is 31.7 Å². The molecule has 0 spiro atoms. The molecule has 0 aromatic carbocycles. The molecule has 0 aliphatic carbocycles. The summed E-state index contributed by atoms with van der Waals surface area (Å²) < 4.78 is 1.24. The van der Waals surface area contributed by atoms with E-state index in [-0.39, 0.29) is 7.43 Å². The maximum absolute atomic E-state index is 2.36. The first-order chi connectivity index (χ1) is 8.48. The SMILES string of the molecule is C.CC(C)C.CC(C)C.CC(C)C1CC[N+](C)(C)CC1. The Morgan fingerprint density at radius 2 is 0.950 bits per heavy atom. The molecule has 0 amide bonds. The Morgan fingerprint density at radius 3 is 1.15 bits per heavy atom. The average molecular weight is 289 g/mol. The molecule has 1 saturated heterocycles. The van der Waals surface area contributed by atoms with E-state index >= 15 is 0 Å². The van der Waals surface area contributed by atoms with Gasteiger partial charge >= 0.3 is 0 Å². The van der Waals surface area contributed by atoms with Gasteiger partial charge in [0.1, 0.15) is 0 Å². The smallest absolute Gasteiger partial charge is 0.0785 e. The maximum atomic E-state index is 2.36. The second kappa shape index (κ2) is 12.7. The fourth-order valence-corrected chi connectivity index (χ4v) is 1.95. The summed E-state index contributed by atoms with van der Waals surface area (Å²) in [6.07, 6.45) is 2.87. The molecular formula is C19H46N+. The Bertz CT molecular complexity index is 170. The minimum absolute atomic E-state index is 0. The third-order valence-corrected chi connectivity index (χ3v) is 3.15. The summed E-state index contributed by atoms with van der Waals surface area (Å²) in [6, 6.07) is 0. The molecule has 1 rings (SSSR count). The number of nitrogens with zero attached hydrogens (tertiary/aromatic N) is 1. The lowest BCUT2D eigenvalue weighted by molar-refractivity contribution is -0.896. The summed E-state index contributed by atoms with van der Waals surface area (Å²) in [4.78, 5) is 0. The van der Waals surface area contributed by atoms with Gasteiger partial charge in [-0.25, -0.2) is 0 Å². The fourth-order valence-electron chi connectivity index (χ4n) is 1.95. The largest absolute Gasteiger partial charge is 0.328 e. The predicted molar refractivity (Wildman–Crippen MR) is 97.2 cm³/mol. The first kappa shape index (κ1) is 24.9. The molecule has 1 nitrogen and oxygen atoms in total. The van der Waals surface area contributed by atoms with E-state index in [0.717, 1.165) is 23.7 Å². The molecule has 0 atom stereocenters. The molecule has 0 aromatic rings. The zero-order valence-corrected chi connectivity index (χ0v) is 15.6. The number of likely N-dealkylation sites (tertiary alicyclic amines) is 1. The van der Waals surface area contributed by atoms with E-state index in [4.69, 9.17) is 0 Å².